The molecule has 0 aliphatic carbocycles. The largest absolute Gasteiger partial charge is 0.468 e. The van der Waals surface area contributed by atoms with Gasteiger partial charge in [-0.15, -0.1) is 0 Å². The Balaban J connectivity index is 3.17. The minimum absolute atomic E-state index is 0.0246. The molecule has 0 saturated heterocycles. The van der Waals surface area contributed by atoms with Crippen LogP contribution >= 0.6 is 11.6 Å². The lowest BCUT2D eigenvalue weighted by atomic mass is 10.1. The van der Waals surface area contributed by atoms with Gasteiger partial charge in [0.1, 0.15) is 6.54 Å². The molecule has 0 radical (unpaired) electrons. The number of hydrogen-bond acceptors (Lipinski definition) is 5. The maximum absolute atomic E-state index is 12.4. The summed E-state index contributed by atoms with van der Waals surface area (Å²) in [5, 5.41) is 10.9. The third-order valence-electron chi connectivity index (χ3n) is 2.80. The predicted molar refractivity (Wildman–Crippen MR) is 76.3 cm³/mol. The second-order valence-electron chi connectivity index (χ2n) is 4.52. The summed E-state index contributed by atoms with van der Waals surface area (Å²) in [6.45, 7) is 3.17. The minimum Gasteiger partial charge on any atom is -0.468 e. The number of amides is 1. The molecule has 7 nitrogen and oxygen atoms in total. The van der Waals surface area contributed by atoms with Crippen molar-refractivity contribution in [2.24, 2.45) is 0 Å². The van der Waals surface area contributed by atoms with Crippen LogP contribution < -0.4 is 0 Å². The zero-order valence-corrected chi connectivity index (χ0v) is 12.6. The summed E-state index contributed by atoms with van der Waals surface area (Å²) in [7, 11) is 1.21. The van der Waals surface area contributed by atoms with Gasteiger partial charge in [0, 0.05) is 18.2 Å². The maximum atomic E-state index is 12.4. The van der Waals surface area contributed by atoms with E-state index in [0.717, 1.165) is 6.07 Å². The molecule has 21 heavy (non-hydrogen) atoms. The number of methoxy groups -OCH3 is 1. The molecule has 1 amide bonds. The number of benzene rings is 1. The SMILES string of the molecule is COC(=O)CN(C(=O)c1cc([N+](=O)[O-])ccc1Cl)C(C)C. The number of hydrogen-bond donors (Lipinski definition) is 0. The maximum Gasteiger partial charge on any atom is 0.325 e. The summed E-state index contributed by atoms with van der Waals surface area (Å²) >= 11 is 5.93. The van der Waals surface area contributed by atoms with Crippen LogP contribution in [0.4, 0.5) is 5.69 Å². The van der Waals surface area contributed by atoms with E-state index in [1.165, 1.54) is 24.1 Å². The number of carbonyl (C=O) groups excluding carboxylic acids is 2. The molecule has 0 aromatic heterocycles. The van der Waals surface area contributed by atoms with Gasteiger partial charge in [-0.2, -0.15) is 0 Å². The van der Waals surface area contributed by atoms with Crippen molar-refractivity contribution in [2.45, 2.75) is 19.9 Å². The smallest absolute Gasteiger partial charge is 0.325 e. The molecule has 0 spiro atoms. The summed E-state index contributed by atoms with van der Waals surface area (Å²) in [6.07, 6.45) is 0. The van der Waals surface area contributed by atoms with Crippen molar-refractivity contribution in [3.63, 3.8) is 0 Å². The van der Waals surface area contributed by atoms with E-state index in [1.54, 1.807) is 13.8 Å². The normalized spacial score (nSPS) is 10.3. The van der Waals surface area contributed by atoms with Gasteiger partial charge in [0.2, 0.25) is 0 Å². The van der Waals surface area contributed by atoms with Gasteiger partial charge in [0.05, 0.1) is 22.6 Å². The number of nitrogens with zero attached hydrogens (tertiary/aromatic N) is 2. The van der Waals surface area contributed by atoms with Gasteiger partial charge in [-0.1, -0.05) is 11.6 Å². The average Bonchev–Trinajstić information content (AvgIpc) is 2.43. The molecular weight excluding hydrogens is 300 g/mol. The van der Waals surface area contributed by atoms with Crippen molar-refractivity contribution in [3.05, 3.63) is 38.9 Å². The van der Waals surface area contributed by atoms with E-state index in [-0.39, 0.29) is 28.9 Å². The van der Waals surface area contributed by atoms with E-state index in [2.05, 4.69) is 4.74 Å². The molecule has 0 atom stereocenters. The van der Waals surface area contributed by atoms with Crippen molar-refractivity contribution in [3.8, 4) is 0 Å². The van der Waals surface area contributed by atoms with Crippen molar-refractivity contribution < 1.29 is 19.2 Å². The Morgan fingerprint density at radius 3 is 2.52 bits per heavy atom. The van der Waals surface area contributed by atoms with E-state index in [0.29, 0.717) is 0 Å². The molecule has 0 aliphatic rings. The third-order valence-corrected chi connectivity index (χ3v) is 3.13. The summed E-state index contributed by atoms with van der Waals surface area (Å²) in [5.74, 6) is -1.15. The summed E-state index contributed by atoms with van der Waals surface area (Å²) in [5.41, 5.74) is -0.270. The molecule has 0 bridgehead atoms. The Labute approximate surface area is 126 Å². The first-order valence-electron chi connectivity index (χ1n) is 6.09. The fourth-order valence-corrected chi connectivity index (χ4v) is 1.84. The zero-order valence-electron chi connectivity index (χ0n) is 11.8. The zero-order chi connectivity index (χ0) is 16.2. The molecule has 0 N–H and O–H groups in total. The van der Waals surface area contributed by atoms with Gasteiger partial charge in [-0.25, -0.2) is 0 Å². The monoisotopic (exact) mass is 314 g/mol. The molecule has 0 fully saturated rings. The van der Waals surface area contributed by atoms with Crippen molar-refractivity contribution in [2.75, 3.05) is 13.7 Å². The number of non-ortho nitro benzene ring substituents is 1. The summed E-state index contributed by atoms with van der Waals surface area (Å²) in [6, 6.07) is 3.28. The first-order chi connectivity index (χ1) is 9.77. The number of ether oxygens (including phenoxy) is 1. The predicted octanol–water partition coefficient (Wildman–Crippen LogP) is 2.27. The van der Waals surface area contributed by atoms with Crippen LogP contribution in [-0.4, -0.2) is 41.4 Å². The fourth-order valence-electron chi connectivity index (χ4n) is 1.64. The number of halogens is 1. The van der Waals surface area contributed by atoms with Gasteiger partial charge < -0.3 is 9.64 Å². The molecule has 0 aliphatic heterocycles. The van der Waals surface area contributed by atoms with Crippen LogP contribution in [0.3, 0.4) is 0 Å². The molecule has 0 saturated carbocycles. The Morgan fingerprint density at radius 2 is 2.05 bits per heavy atom. The van der Waals surface area contributed by atoms with E-state index < -0.39 is 16.8 Å². The Kier molecular flexibility index (Phi) is 5.66. The van der Waals surface area contributed by atoms with Crippen LogP contribution in [0.15, 0.2) is 18.2 Å². The second kappa shape index (κ2) is 7.03. The first-order valence-corrected chi connectivity index (χ1v) is 6.47. The molecule has 114 valence electrons. The second-order valence-corrected chi connectivity index (χ2v) is 4.93. The highest BCUT2D eigenvalue weighted by Gasteiger charge is 2.25. The van der Waals surface area contributed by atoms with E-state index >= 15 is 0 Å². The molecule has 8 heteroatoms. The summed E-state index contributed by atoms with van der Waals surface area (Å²) < 4.78 is 4.54. The topological polar surface area (TPSA) is 89.8 Å². The van der Waals surface area contributed by atoms with Crippen molar-refractivity contribution in [1.29, 1.82) is 0 Å². The standard InChI is InChI=1S/C13H15ClN2O5/c1-8(2)15(7-12(17)21-3)13(18)10-6-9(16(19)20)4-5-11(10)14/h4-6,8H,7H2,1-3H3. The highest BCUT2D eigenvalue weighted by atomic mass is 35.5. The van der Waals surface area contributed by atoms with Crippen LogP contribution in [0.2, 0.25) is 5.02 Å². The van der Waals surface area contributed by atoms with Gasteiger partial charge in [0.25, 0.3) is 11.6 Å². The highest BCUT2D eigenvalue weighted by molar-refractivity contribution is 6.34. The Hall–Kier alpha value is -2.15. The van der Waals surface area contributed by atoms with Crippen molar-refractivity contribution >= 4 is 29.2 Å². The minimum atomic E-state index is -0.618. The Bertz CT molecular complexity index is 574. The van der Waals surface area contributed by atoms with Gasteiger partial charge in [-0.3, -0.25) is 19.7 Å². The number of nitro groups is 1. The number of rotatable bonds is 5. The lowest BCUT2D eigenvalue weighted by Crippen LogP contribution is -2.41. The first kappa shape index (κ1) is 16.9. The van der Waals surface area contributed by atoms with Crippen LogP contribution in [0, 0.1) is 10.1 Å². The van der Waals surface area contributed by atoms with E-state index in [4.69, 9.17) is 11.6 Å². The molecule has 1 aromatic rings. The lowest BCUT2D eigenvalue weighted by molar-refractivity contribution is -0.384. The van der Waals surface area contributed by atoms with Crippen LogP contribution in [-0.2, 0) is 9.53 Å². The fraction of sp³-hybridized carbons (Fsp3) is 0.385. The molecule has 0 heterocycles. The molecular formula is C13H15ClN2O5. The number of nitro benzene ring substituents is 1. The highest BCUT2D eigenvalue weighted by Crippen LogP contribution is 2.24. The molecule has 1 aromatic carbocycles. The third kappa shape index (κ3) is 4.16. The molecule has 0 unspecified atom stereocenters. The average molecular weight is 315 g/mol. The Morgan fingerprint density at radius 1 is 1.43 bits per heavy atom. The van der Waals surface area contributed by atoms with E-state index in [1.807, 2.05) is 0 Å². The summed E-state index contributed by atoms with van der Waals surface area (Å²) in [4.78, 5) is 35.2. The van der Waals surface area contributed by atoms with Gasteiger partial charge in [0.15, 0.2) is 0 Å². The van der Waals surface area contributed by atoms with Crippen LogP contribution in [0.5, 0.6) is 0 Å². The quantitative estimate of drug-likeness (QED) is 0.472. The van der Waals surface area contributed by atoms with Gasteiger partial charge in [-0.05, 0) is 19.9 Å². The van der Waals surface area contributed by atoms with Gasteiger partial charge >= 0.3 is 5.97 Å². The van der Waals surface area contributed by atoms with Crippen molar-refractivity contribution in [1.82, 2.24) is 4.90 Å². The number of carbonyl (C=O) groups is 2. The van der Waals surface area contributed by atoms with Crippen LogP contribution in [0.1, 0.15) is 24.2 Å². The van der Waals surface area contributed by atoms with E-state index in [9.17, 15) is 19.7 Å². The van der Waals surface area contributed by atoms with Crippen LogP contribution in [0.25, 0.3) is 0 Å². The lowest BCUT2D eigenvalue weighted by Gasteiger charge is -2.25. The number of esters is 1. The molecule has 1 rings (SSSR count).